The van der Waals surface area contributed by atoms with Gasteiger partial charge in [-0.15, -0.1) is 0 Å². The molecule has 116 valence electrons. The summed E-state index contributed by atoms with van der Waals surface area (Å²) in [4.78, 5) is 20.9. The van der Waals surface area contributed by atoms with Crippen LogP contribution >= 0.6 is 11.8 Å². The van der Waals surface area contributed by atoms with Gasteiger partial charge in [0.2, 0.25) is 0 Å². The van der Waals surface area contributed by atoms with Gasteiger partial charge in [0, 0.05) is 17.7 Å². The van der Waals surface area contributed by atoms with E-state index in [9.17, 15) is 4.79 Å². The first-order valence-electron chi connectivity index (χ1n) is 7.35. The highest BCUT2D eigenvalue weighted by Crippen LogP contribution is 2.24. The van der Waals surface area contributed by atoms with Gasteiger partial charge in [0.1, 0.15) is 5.82 Å². The molecular weight excluding hydrogens is 286 g/mol. The van der Waals surface area contributed by atoms with Crippen LogP contribution in [0.1, 0.15) is 55.3 Å². The van der Waals surface area contributed by atoms with Crippen LogP contribution < -0.4 is 16.6 Å². The van der Waals surface area contributed by atoms with E-state index in [1.807, 2.05) is 25.6 Å². The molecule has 1 saturated heterocycles. The number of nitrogens with two attached hydrogens (primary N) is 1. The number of hydrazine groups is 1. The number of carbonyl (C=O) groups is 1. The van der Waals surface area contributed by atoms with Gasteiger partial charge in [-0.25, -0.2) is 9.97 Å². The SMILES string of the molecule is CC(C)c1ncc(NN)c(C(=O)NCC2CCCCS2)n1. The molecule has 7 heteroatoms. The first kappa shape index (κ1) is 16.0. The number of thioether (sulfide) groups is 1. The van der Waals surface area contributed by atoms with Crippen LogP contribution in [0.15, 0.2) is 6.20 Å². The molecule has 1 aliphatic rings. The molecule has 2 rings (SSSR count). The van der Waals surface area contributed by atoms with E-state index >= 15 is 0 Å². The summed E-state index contributed by atoms with van der Waals surface area (Å²) in [5.74, 6) is 7.23. The Labute approximate surface area is 129 Å². The Kier molecular flexibility index (Phi) is 5.81. The van der Waals surface area contributed by atoms with Crippen LogP contribution in [0.5, 0.6) is 0 Å². The Morgan fingerprint density at radius 3 is 2.95 bits per heavy atom. The van der Waals surface area contributed by atoms with Crippen LogP contribution in [0.2, 0.25) is 0 Å². The topological polar surface area (TPSA) is 92.9 Å². The lowest BCUT2D eigenvalue weighted by molar-refractivity contribution is 0.0948. The van der Waals surface area contributed by atoms with Crippen LogP contribution in [0.25, 0.3) is 0 Å². The minimum absolute atomic E-state index is 0.164. The lowest BCUT2D eigenvalue weighted by Crippen LogP contribution is -2.33. The van der Waals surface area contributed by atoms with E-state index in [2.05, 4.69) is 20.7 Å². The fourth-order valence-electron chi connectivity index (χ4n) is 2.21. The molecule has 1 fully saturated rings. The van der Waals surface area contributed by atoms with Gasteiger partial charge in [-0.2, -0.15) is 11.8 Å². The second-order valence-corrected chi connectivity index (χ2v) is 6.90. The Bertz CT molecular complexity index is 488. The summed E-state index contributed by atoms with van der Waals surface area (Å²) in [6, 6.07) is 0. The predicted molar refractivity (Wildman–Crippen MR) is 86.4 cm³/mol. The van der Waals surface area contributed by atoms with E-state index in [4.69, 9.17) is 5.84 Å². The summed E-state index contributed by atoms with van der Waals surface area (Å²) in [5.41, 5.74) is 3.26. The van der Waals surface area contributed by atoms with Gasteiger partial charge in [-0.05, 0) is 18.6 Å². The molecule has 0 radical (unpaired) electrons. The molecule has 0 saturated carbocycles. The first-order chi connectivity index (χ1) is 10.1. The van der Waals surface area contributed by atoms with Crippen LogP contribution in [-0.4, -0.2) is 33.4 Å². The van der Waals surface area contributed by atoms with E-state index in [1.165, 1.54) is 18.6 Å². The molecule has 1 atom stereocenters. The molecule has 0 aromatic carbocycles. The number of carbonyl (C=O) groups excluding carboxylic acids is 1. The summed E-state index contributed by atoms with van der Waals surface area (Å²) in [6.45, 7) is 4.66. The average Bonchev–Trinajstić information content (AvgIpc) is 2.52. The lowest BCUT2D eigenvalue weighted by Gasteiger charge is -2.21. The van der Waals surface area contributed by atoms with Crippen LogP contribution in [0.4, 0.5) is 5.69 Å². The van der Waals surface area contributed by atoms with Crippen LogP contribution in [0, 0.1) is 0 Å². The van der Waals surface area contributed by atoms with Gasteiger partial charge < -0.3 is 10.7 Å². The number of amides is 1. The number of rotatable bonds is 5. The standard InChI is InChI=1S/C14H23N5OS/c1-9(2)13-16-8-11(19-15)12(18-13)14(20)17-7-10-5-3-4-6-21-10/h8-10,19H,3-7,15H2,1-2H3,(H,17,20). The molecule has 0 bridgehead atoms. The van der Waals surface area contributed by atoms with Gasteiger partial charge in [0.25, 0.3) is 5.91 Å². The summed E-state index contributed by atoms with van der Waals surface area (Å²) in [7, 11) is 0. The quantitative estimate of drug-likeness (QED) is 0.568. The van der Waals surface area contributed by atoms with Gasteiger partial charge in [-0.1, -0.05) is 20.3 Å². The molecule has 0 spiro atoms. The zero-order chi connectivity index (χ0) is 15.2. The maximum atomic E-state index is 12.3. The zero-order valence-electron chi connectivity index (χ0n) is 12.6. The van der Waals surface area contributed by atoms with Crippen molar-refractivity contribution in [3.8, 4) is 0 Å². The zero-order valence-corrected chi connectivity index (χ0v) is 13.4. The van der Waals surface area contributed by atoms with Crippen molar-refractivity contribution in [2.75, 3.05) is 17.7 Å². The monoisotopic (exact) mass is 309 g/mol. The van der Waals surface area contributed by atoms with Crippen molar-refractivity contribution < 1.29 is 4.79 Å². The number of nitrogen functional groups attached to an aromatic ring is 1. The third-order valence-electron chi connectivity index (χ3n) is 3.46. The summed E-state index contributed by atoms with van der Waals surface area (Å²) in [6.07, 6.45) is 5.24. The van der Waals surface area contributed by atoms with Crippen molar-refractivity contribution >= 4 is 23.4 Å². The smallest absolute Gasteiger partial charge is 0.272 e. The highest BCUT2D eigenvalue weighted by molar-refractivity contribution is 7.99. The Morgan fingerprint density at radius 2 is 2.33 bits per heavy atom. The largest absolute Gasteiger partial charge is 0.350 e. The van der Waals surface area contributed by atoms with E-state index in [0.29, 0.717) is 29.0 Å². The minimum atomic E-state index is -0.196. The number of hydrogen-bond acceptors (Lipinski definition) is 6. The van der Waals surface area contributed by atoms with E-state index in [0.717, 1.165) is 6.42 Å². The van der Waals surface area contributed by atoms with Crippen molar-refractivity contribution in [1.29, 1.82) is 0 Å². The first-order valence-corrected chi connectivity index (χ1v) is 8.40. The maximum Gasteiger partial charge on any atom is 0.272 e. The third kappa shape index (κ3) is 4.31. The molecule has 6 nitrogen and oxygen atoms in total. The van der Waals surface area contributed by atoms with E-state index < -0.39 is 0 Å². The predicted octanol–water partition coefficient (Wildman–Crippen LogP) is 1.90. The van der Waals surface area contributed by atoms with Crippen LogP contribution in [-0.2, 0) is 0 Å². The minimum Gasteiger partial charge on any atom is -0.350 e. The molecule has 1 amide bonds. The van der Waals surface area contributed by atoms with Gasteiger partial charge in [0.15, 0.2) is 5.69 Å². The van der Waals surface area contributed by atoms with Gasteiger partial charge in [-0.3, -0.25) is 10.6 Å². The summed E-state index contributed by atoms with van der Waals surface area (Å²) in [5, 5.41) is 3.47. The number of anilines is 1. The molecule has 21 heavy (non-hydrogen) atoms. The maximum absolute atomic E-state index is 12.3. The summed E-state index contributed by atoms with van der Waals surface area (Å²) < 4.78 is 0. The highest BCUT2D eigenvalue weighted by atomic mass is 32.2. The van der Waals surface area contributed by atoms with Crippen molar-refractivity contribution in [3.63, 3.8) is 0 Å². The number of nitrogens with one attached hydrogen (secondary N) is 2. The second kappa shape index (κ2) is 7.61. The second-order valence-electron chi connectivity index (χ2n) is 5.49. The Morgan fingerprint density at radius 1 is 1.52 bits per heavy atom. The van der Waals surface area contributed by atoms with E-state index in [-0.39, 0.29) is 11.8 Å². The Balaban J connectivity index is 2.04. The molecule has 1 unspecified atom stereocenters. The van der Waals surface area contributed by atoms with E-state index in [1.54, 1.807) is 6.20 Å². The normalized spacial score (nSPS) is 18.6. The summed E-state index contributed by atoms with van der Waals surface area (Å²) >= 11 is 1.93. The molecule has 1 aromatic rings. The van der Waals surface area contributed by atoms with Gasteiger partial charge in [0.05, 0.1) is 11.9 Å². The van der Waals surface area contributed by atoms with Crippen molar-refractivity contribution in [2.45, 2.75) is 44.3 Å². The highest BCUT2D eigenvalue weighted by Gasteiger charge is 2.19. The fraction of sp³-hybridized carbons (Fsp3) is 0.643. The fourth-order valence-corrected chi connectivity index (χ4v) is 3.45. The number of nitrogens with zero attached hydrogens (tertiary/aromatic N) is 2. The molecule has 4 N–H and O–H groups in total. The Hall–Kier alpha value is -1.34. The van der Waals surface area contributed by atoms with Crippen molar-refractivity contribution in [1.82, 2.24) is 15.3 Å². The molecular formula is C14H23N5OS. The van der Waals surface area contributed by atoms with Crippen molar-refractivity contribution in [3.05, 3.63) is 17.7 Å². The average molecular weight is 309 g/mol. The molecule has 0 aliphatic carbocycles. The van der Waals surface area contributed by atoms with Gasteiger partial charge >= 0.3 is 0 Å². The lowest BCUT2D eigenvalue weighted by atomic mass is 10.2. The number of hydrogen-bond donors (Lipinski definition) is 3. The molecule has 1 aliphatic heterocycles. The van der Waals surface area contributed by atoms with Crippen molar-refractivity contribution in [2.24, 2.45) is 5.84 Å². The third-order valence-corrected chi connectivity index (χ3v) is 4.86. The number of aromatic nitrogens is 2. The molecule has 2 heterocycles. The van der Waals surface area contributed by atoms with Crippen LogP contribution in [0.3, 0.4) is 0 Å². The molecule has 1 aromatic heterocycles.